The van der Waals surface area contributed by atoms with Gasteiger partial charge in [0.2, 0.25) is 0 Å². The lowest BCUT2D eigenvalue weighted by molar-refractivity contribution is -0.137. The van der Waals surface area contributed by atoms with E-state index in [0.717, 1.165) is 41.9 Å². The number of unbranched alkanes of at least 4 members (excludes halogenated alkanes) is 5. The second-order valence-corrected chi connectivity index (χ2v) is 9.86. The Morgan fingerprint density at radius 1 is 0.711 bits per heavy atom. The summed E-state index contributed by atoms with van der Waals surface area (Å²) in [5.41, 5.74) is 3.89. The van der Waals surface area contributed by atoms with Crippen LogP contribution in [-0.2, 0) is 25.7 Å². The molecule has 0 bridgehead atoms. The van der Waals surface area contributed by atoms with Crippen LogP contribution in [0.3, 0.4) is 0 Å². The molecule has 0 atom stereocenters. The molecule has 1 N–H and O–H groups in total. The Bertz CT molecular complexity index is 1110. The normalized spacial score (nSPS) is 11.6. The summed E-state index contributed by atoms with van der Waals surface area (Å²) in [6.07, 6.45) is 4.35. The maximum atomic E-state index is 12.8. The molecule has 6 heteroatoms. The van der Waals surface area contributed by atoms with E-state index in [4.69, 9.17) is 0 Å². The van der Waals surface area contributed by atoms with Crippen LogP contribution >= 0.6 is 0 Å². The van der Waals surface area contributed by atoms with Crippen molar-refractivity contribution < 1.29 is 18.0 Å². The summed E-state index contributed by atoms with van der Waals surface area (Å²) < 4.78 is 38.4. The highest BCUT2D eigenvalue weighted by Gasteiger charge is 2.29. The number of amides is 1. The molecule has 0 fully saturated rings. The van der Waals surface area contributed by atoms with Crippen molar-refractivity contribution in [2.45, 2.75) is 78.1 Å². The first-order valence-corrected chi connectivity index (χ1v) is 13.7. The van der Waals surface area contributed by atoms with E-state index in [1.54, 1.807) is 0 Å². The molecular weight excluding hydrogens is 485 g/mol. The molecular formula is C32H39F3N2O. The quantitative estimate of drug-likeness (QED) is 0.214. The van der Waals surface area contributed by atoms with E-state index < -0.39 is 11.7 Å². The van der Waals surface area contributed by atoms with Crippen molar-refractivity contribution >= 4 is 11.6 Å². The third kappa shape index (κ3) is 9.64. The predicted octanol–water partition coefficient (Wildman–Crippen LogP) is 8.88. The monoisotopic (exact) mass is 524 g/mol. The first kappa shape index (κ1) is 29.4. The third-order valence-electron chi connectivity index (χ3n) is 6.79. The molecule has 204 valence electrons. The Kier molecular flexibility index (Phi) is 11.4. The molecule has 0 saturated carbocycles. The molecule has 3 rings (SSSR count). The summed E-state index contributed by atoms with van der Waals surface area (Å²) in [5, 5.41) is 2.96. The Morgan fingerprint density at radius 3 is 1.79 bits per heavy atom. The highest BCUT2D eigenvalue weighted by molar-refractivity contribution is 6.04. The highest BCUT2D eigenvalue weighted by atomic mass is 19.4. The van der Waals surface area contributed by atoms with Gasteiger partial charge in [-0.25, -0.2) is 0 Å². The Balaban J connectivity index is 1.47. The van der Waals surface area contributed by atoms with Gasteiger partial charge in [0.05, 0.1) is 5.56 Å². The molecule has 38 heavy (non-hydrogen) atoms. The summed E-state index contributed by atoms with van der Waals surface area (Å²) >= 11 is 0. The van der Waals surface area contributed by atoms with Gasteiger partial charge in [-0.1, -0.05) is 82.3 Å². The topological polar surface area (TPSA) is 32.3 Å². The van der Waals surface area contributed by atoms with Crippen LogP contribution in [-0.4, -0.2) is 17.4 Å². The van der Waals surface area contributed by atoms with E-state index in [1.807, 2.05) is 55.5 Å². The van der Waals surface area contributed by atoms with Crippen LogP contribution in [0.25, 0.3) is 0 Å². The molecule has 0 unspecified atom stereocenters. The zero-order valence-electron chi connectivity index (χ0n) is 22.5. The first-order valence-electron chi connectivity index (χ1n) is 13.7. The molecule has 0 aliphatic carbocycles. The Morgan fingerprint density at radius 2 is 1.24 bits per heavy atom. The van der Waals surface area contributed by atoms with Crippen LogP contribution < -0.4 is 5.32 Å². The van der Waals surface area contributed by atoms with Crippen LogP contribution in [0, 0.1) is 0 Å². The number of nitrogens with zero attached hydrogens (tertiary/aromatic N) is 1. The second-order valence-electron chi connectivity index (χ2n) is 9.86. The zero-order valence-corrected chi connectivity index (χ0v) is 22.5. The minimum atomic E-state index is -4.32. The molecule has 3 aromatic rings. The SMILES string of the molecule is CCCCCCCCc1ccc(C(=O)Nc2ccc(CN(CC)Cc3ccc(C(F)(F)F)cc3)cc2)cc1. The lowest BCUT2D eigenvalue weighted by atomic mass is 10.0. The number of anilines is 1. The minimum absolute atomic E-state index is 0.138. The predicted molar refractivity (Wildman–Crippen MR) is 149 cm³/mol. The molecule has 0 aromatic heterocycles. The molecule has 0 aliphatic rings. The van der Waals surface area contributed by atoms with Crippen LogP contribution in [0.15, 0.2) is 72.8 Å². The van der Waals surface area contributed by atoms with Crippen molar-refractivity contribution in [1.82, 2.24) is 4.90 Å². The molecule has 0 aliphatic heterocycles. The molecule has 1 amide bonds. The Labute approximate surface area is 225 Å². The van der Waals surface area contributed by atoms with Gasteiger partial charge in [0.15, 0.2) is 0 Å². The van der Waals surface area contributed by atoms with E-state index in [0.29, 0.717) is 18.7 Å². The molecule has 3 aromatic carbocycles. The van der Waals surface area contributed by atoms with Crippen LogP contribution in [0.2, 0.25) is 0 Å². The summed E-state index contributed by atoms with van der Waals surface area (Å²) in [7, 11) is 0. The molecule has 0 saturated heterocycles. The fourth-order valence-corrected chi connectivity index (χ4v) is 4.42. The van der Waals surface area contributed by atoms with Crippen molar-refractivity contribution in [2.24, 2.45) is 0 Å². The number of alkyl halides is 3. The van der Waals surface area contributed by atoms with E-state index in [-0.39, 0.29) is 5.91 Å². The summed E-state index contributed by atoms with van der Waals surface area (Å²) in [5.74, 6) is -0.138. The average Bonchev–Trinajstić information content (AvgIpc) is 2.91. The summed E-state index contributed by atoms with van der Waals surface area (Å²) in [4.78, 5) is 14.9. The largest absolute Gasteiger partial charge is 0.416 e. The summed E-state index contributed by atoms with van der Waals surface area (Å²) in [6, 6.07) is 20.9. The minimum Gasteiger partial charge on any atom is -0.322 e. The number of carbonyl (C=O) groups is 1. The van der Waals surface area contributed by atoms with Crippen LogP contribution in [0.5, 0.6) is 0 Å². The van der Waals surface area contributed by atoms with Gasteiger partial charge in [0.25, 0.3) is 5.91 Å². The highest BCUT2D eigenvalue weighted by Crippen LogP contribution is 2.29. The number of hydrogen-bond acceptors (Lipinski definition) is 2. The number of aryl methyl sites for hydroxylation is 1. The van der Waals surface area contributed by atoms with Gasteiger partial charge >= 0.3 is 6.18 Å². The number of benzene rings is 3. The second kappa shape index (κ2) is 14.7. The lowest BCUT2D eigenvalue weighted by Crippen LogP contribution is -2.22. The van der Waals surface area contributed by atoms with Crippen LogP contribution in [0.4, 0.5) is 18.9 Å². The third-order valence-corrected chi connectivity index (χ3v) is 6.79. The number of hydrogen-bond donors (Lipinski definition) is 1. The van der Waals surface area contributed by atoms with Crippen molar-refractivity contribution in [2.75, 3.05) is 11.9 Å². The van der Waals surface area contributed by atoms with Gasteiger partial charge in [-0.2, -0.15) is 13.2 Å². The number of rotatable bonds is 14. The van der Waals surface area contributed by atoms with Gasteiger partial charge in [0, 0.05) is 24.3 Å². The van der Waals surface area contributed by atoms with Crippen molar-refractivity contribution in [3.05, 3.63) is 101 Å². The maximum Gasteiger partial charge on any atom is 0.416 e. The van der Waals surface area contributed by atoms with E-state index in [1.165, 1.54) is 56.2 Å². The summed E-state index contributed by atoms with van der Waals surface area (Å²) in [6.45, 7) is 6.23. The van der Waals surface area contributed by atoms with Crippen molar-refractivity contribution in [3.8, 4) is 0 Å². The first-order chi connectivity index (χ1) is 18.3. The molecule has 0 spiro atoms. The van der Waals surface area contributed by atoms with Crippen LogP contribution in [0.1, 0.15) is 85.0 Å². The zero-order chi connectivity index (χ0) is 27.4. The van der Waals surface area contributed by atoms with Gasteiger partial charge in [-0.05, 0) is 72.5 Å². The Hall–Kier alpha value is -3.12. The lowest BCUT2D eigenvalue weighted by Gasteiger charge is -2.21. The maximum absolute atomic E-state index is 12.8. The van der Waals surface area contributed by atoms with E-state index in [9.17, 15) is 18.0 Å². The fourth-order valence-electron chi connectivity index (χ4n) is 4.42. The van der Waals surface area contributed by atoms with Crippen molar-refractivity contribution in [3.63, 3.8) is 0 Å². The number of carbonyl (C=O) groups excluding carboxylic acids is 1. The smallest absolute Gasteiger partial charge is 0.322 e. The van der Waals surface area contributed by atoms with E-state index >= 15 is 0 Å². The van der Waals surface area contributed by atoms with Gasteiger partial charge < -0.3 is 5.32 Å². The standard InChI is InChI=1S/C32H39F3N2O/c1-3-5-6-7-8-9-10-25-11-17-28(18-12-25)31(38)36-30-21-15-27(16-22-30)24-37(4-2)23-26-13-19-29(20-14-26)32(33,34)35/h11-22H,3-10,23-24H2,1-2H3,(H,36,38). The van der Waals surface area contributed by atoms with Gasteiger partial charge in [0.1, 0.15) is 0 Å². The molecule has 0 radical (unpaired) electrons. The average molecular weight is 525 g/mol. The number of halogens is 3. The number of nitrogens with one attached hydrogen (secondary N) is 1. The van der Waals surface area contributed by atoms with Crippen molar-refractivity contribution in [1.29, 1.82) is 0 Å². The molecule has 3 nitrogen and oxygen atoms in total. The van der Waals surface area contributed by atoms with Gasteiger partial charge in [-0.15, -0.1) is 0 Å². The van der Waals surface area contributed by atoms with E-state index in [2.05, 4.69) is 17.1 Å². The fraction of sp³-hybridized carbons (Fsp3) is 0.406. The molecule has 0 heterocycles. The van der Waals surface area contributed by atoms with Gasteiger partial charge in [-0.3, -0.25) is 9.69 Å².